The van der Waals surface area contributed by atoms with Gasteiger partial charge in [0.25, 0.3) is 0 Å². The van der Waals surface area contributed by atoms with Gasteiger partial charge in [-0.2, -0.15) is 0 Å². The molecule has 1 heterocycles. The van der Waals surface area contributed by atoms with E-state index in [1.807, 2.05) is 63.8 Å². The first kappa shape index (κ1) is 21.0. The standard InChI is InChI=1S/C24H27ClN2O3S/c25-19-10-8-18(9-11-19)23-15-30-16-24(28)27(23)22(17-6-7-17)14-26(31(29)21-12-13-21)20-4-2-1-3-5-20/h1-5,8-11,17,21-23H,6-7,12-16H2. The number of carbonyl (C=O) groups excluding carboxylic acids is 1. The molecule has 3 aliphatic rings. The van der Waals surface area contributed by atoms with Crippen molar-refractivity contribution in [1.29, 1.82) is 0 Å². The van der Waals surface area contributed by atoms with E-state index in [1.54, 1.807) is 0 Å². The first-order valence-electron chi connectivity index (χ1n) is 11.0. The number of hydrogen-bond acceptors (Lipinski definition) is 3. The van der Waals surface area contributed by atoms with E-state index >= 15 is 0 Å². The van der Waals surface area contributed by atoms with Gasteiger partial charge in [0.05, 0.1) is 30.5 Å². The average molecular weight is 459 g/mol. The third-order valence-corrected chi connectivity index (χ3v) is 8.42. The second-order valence-corrected chi connectivity index (χ2v) is 10.8. The van der Waals surface area contributed by atoms with E-state index in [1.165, 1.54) is 0 Å². The number of rotatable bonds is 8. The number of morpholine rings is 1. The van der Waals surface area contributed by atoms with Gasteiger partial charge in [-0.3, -0.25) is 9.10 Å². The smallest absolute Gasteiger partial charge is 0.249 e. The molecule has 1 aliphatic heterocycles. The highest BCUT2D eigenvalue weighted by molar-refractivity contribution is 7.87. The molecule has 2 saturated carbocycles. The van der Waals surface area contributed by atoms with Crippen molar-refractivity contribution >= 4 is 34.2 Å². The van der Waals surface area contributed by atoms with Crippen LogP contribution in [0.3, 0.4) is 0 Å². The molecule has 0 N–H and O–H groups in total. The summed E-state index contributed by atoms with van der Waals surface area (Å²) in [5.74, 6) is 0.438. The van der Waals surface area contributed by atoms with Crippen molar-refractivity contribution in [3.63, 3.8) is 0 Å². The molecule has 0 aromatic heterocycles. The first-order valence-corrected chi connectivity index (χ1v) is 12.5. The largest absolute Gasteiger partial charge is 0.369 e. The summed E-state index contributed by atoms with van der Waals surface area (Å²) in [5, 5.41) is 0.902. The number of para-hydroxylation sites is 1. The van der Waals surface area contributed by atoms with Crippen LogP contribution < -0.4 is 4.31 Å². The van der Waals surface area contributed by atoms with Crippen LogP contribution in [-0.4, -0.2) is 46.1 Å². The van der Waals surface area contributed by atoms with Gasteiger partial charge in [-0.25, -0.2) is 4.21 Å². The molecule has 2 aromatic carbocycles. The summed E-state index contributed by atoms with van der Waals surface area (Å²) in [6.45, 7) is 1.14. The number of ether oxygens (including phenoxy) is 1. The Hall–Kier alpha value is -1.89. The van der Waals surface area contributed by atoms with E-state index in [-0.39, 0.29) is 29.8 Å². The molecule has 2 aliphatic carbocycles. The van der Waals surface area contributed by atoms with Gasteiger partial charge in [0.15, 0.2) is 0 Å². The summed E-state index contributed by atoms with van der Waals surface area (Å²) in [4.78, 5) is 15.2. The van der Waals surface area contributed by atoms with E-state index in [4.69, 9.17) is 16.3 Å². The average Bonchev–Trinajstić information content (AvgIpc) is 3.69. The fraction of sp³-hybridized carbons (Fsp3) is 0.458. The van der Waals surface area contributed by atoms with Crippen LogP contribution in [0.15, 0.2) is 54.6 Å². The van der Waals surface area contributed by atoms with Gasteiger partial charge in [0, 0.05) is 10.7 Å². The lowest BCUT2D eigenvalue weighted by Crippen LogP contribution is -2.54. The van der Waals surface area contributed by atoms with Gasteiger partial charge in [0.1, 0.15) is 17.6 Å². The molecule has 5 rings (SSSR count). The third kappa shape index (κ3) is 4.66. The lowest BCUT2D eigenvalue weighted by molar-refractivity contribution is -0.152. The van der Waals surface area contributed by atoms with Crippen molar-refractivity contribution in [2.45, 2.75) is 43.0 Å². The van der Waals surface area contributed by atoms with Crippen molar-refractivity contribution in [1.82, 2.24) is 4.90 Å². The SMILES string of the molecule is O=C1COCC(c2ccc(Cl)cc2)N1C(CN(c1ccccc1)S(=O)C1CC1)C1CC1. The molecule has 0 spiro atoms. The highest BCUT2D eigenvalue weighted by atomic mass is 35.5. The van der Waals surface area contributed by atoms with Gasteiger partial charge < -0.3 is 9.64 Å². The molecule has 3 fully saturated rings. The zero-order valence-electron chi connectivity index (χ0n) is 17.4. The topological polar surface area (TPSA) is 49.9 Å². The number of halogens is 1. The molecule has 0 radical (unpaired) electrons. The van der Waals surface area contributed by atoms with Gasteiger partial charge in [-0.15, -0.1) is 0 Å². The van der Waals surface area contributed by atoms with Crippen molar-refractivity contribution in [3.05, 3.63) is 65.2 Å². The first-order chi connectivity index (χ1) is 15.1. The lowest BCUT2D eigenvalue weighted by atomic mass is 10.00. The minimum atomic E-state index is -1.09. The predicted octanol–water partition coefficient (Wildman–Crippen LogP) is 4.35. The zero-order valence-corrected chi connectivity index (χ0v) is 18.9. The molecule has 2 aromatic rings. The molecule has 3 atom stereocenters. The molecule has 1 amide bonds. The maximum Gasteiger partial charge on any atom is 0.249 e. The summed E-state index contributed by atoms with van der Waals surface area (Å²) in [6, 6.07) is 17.5. The Morgan fingerprint density at radius 3 is 2.42 bits per heavy atom. The molecule has 164 valence electrons. The van der Waals surface area contributed by atoms with Crippen molar-refractivity contribution in [3.8, 4) is 0 Å². The lowest BCUT2D eigenvalue weighted by Gasteiger charge is -2.43. The van der Waals surface area contributed by atoms with Crippen LogP contribution in [0, 0.1) is 5.92 Å². The number of nitrogens with zero attached hydrogens (tertiary/aromatic N) is 2. The van der Waals surface area contributed by atoms with E-state index in [2.05, 4.69) is 0 Å². The zero-order chi connectivity index (χ0) is 21.4. The molecular formula is C24H27ClN2O3S. The van der Waals surface area contributed by atoms with Crippen LogP contribution in [0.2, 0.25) is 5.02 Å². The monoisotopic (exact) mass is 458 g/mol. The van der Waals surface area contributed by atoms with Crippen molar-refractivity contribution in [2.75, 3.05) is 24.1 Å². The summed E-state index contributed by atoms with van der Waals surface area (Å²) < 4.78 is 21.0. The quantitative estimate of drug-likeness (QED) is 0.590. The van der Waals surface area contributed by atoms with Crippen molar-refractivity contribution in [2.24, 2.45) is 5.92 Å². The summed E-state index contributed by atoms with van der Waals surface area (Å²) in [5.41, 5.74) is 1.99. The molecule has 7 heteroatoms. The number of hydrogen-bond donors (Lipinski definition) is 0. The second-order valence-electron chi connectivity index (χ2n) is 8.66. The van der Waals surface area contributed by atoms with Crippen molar-refractivity contribution < 1.29 is 13.7 Å². The van der Waals surface area contributed by atoms with E-state index < -0.39 is 11.0 Å². The Labute approximate surface area is 190 Å². The highest BCUT2D eigenvalue weighted by Crippen LogP contribution is 2.41. The van der Waals surface area contributed by atoms with Crippen LogP contribution >= 0.6 is 11.6 Å². The fourth-order valence-corrected chi connectivity index (χ4v) is 6.04. The van der Waals surface area contributed by atoms with E-state index in [0.717, 1.165) is 36.9 Å². The molecule has 3 unspecified atom stereocenters. The van der Waals surface area contributed by atoms with E-state index in [9.17, 15) is 9.00 Å². The van der Waals surface area contributed by atoms with Crippen LogP contribution in [0.4, 0.5) is 5.69 Å². The minimum Gasteiger partial charge on any atom is -0.369 e. The molecule has 5 nitrogen and oxygen atoms in total. The normalized spacial score (nSPS) is 23.5. The number of amides is 1. The summed E-state index contributed by atoms with van der Waals surface area (Å²) >= 11 is 6.09. The Morgan fingerprint density at radius 2 is 1.77 bits per heavy atom. The fourth-order valence-electron chi connectivity index (χ4n) is 4.39. The van der Waals surface area contributed by atoms with Gasteiger partial charge in [0.2, 0.25) is 5.91 Å². The maximum atomic E-state index is 13.3. The van der Waals surface area contributed by atoms with Gasteiger partial charge >= 0.3 is 0 Å². The van der Waals surface area contributed by atoms with Crippen LogP contribution in [-0.2, 0) is 20.5 Å². The highest BCUT2D eigenvalue weighted by Gasteiger charge is 2.45. The Bertz CT molecular complexity index is 947. The predicted molar refractivity (Wildman–Crippen MR) is 123 cm³/mol. The van der Waals surface area contributed by atoms with Gasteiger partial charge in [-0.05, 0) is 61.4 Å². The number of anilines is 1. The van der Waals surface area contributed by atoms with Gasteiger partial charge in [-0.1, -0.05) is 41.9 Å². The molecule has 1 saturated heterocycles. The second kappa shape index (κ2) is 8.93. The Balaban J connectivity index is 1.47. The summed E-state index contributed by atoms with van der Waals surface area (Å²) in [7, 11) is -1.09. The van der Waals surface area contributed by atoms with Crippen LogP contribution in [0.1, 0.15) is 37.3 Å². The molecule has 0 bridgehead atoms. The number of carbonyl (C=O) groups is 1. The van der Waals surface area contributed by atoms with Crippen LogP contribution in [0.5, 0.6) is 0 Å². The minimum absolute atomic E-state index is 0.0000146. The van der Waals surface area contributed by atoms with Crippen LogP contribution in [0.25, 0.3) is 0 Å². The van der Waals surface area contributed by atoms with E-state index in [0.29, 0.717) is 24.1 Å². The molecule has 31 heavy (non-hydrogen) atoms. The Morgan fingerprint density at radius 1 is 1.06 bits per heavy atom. The maximum absolute atomic E-state index is 13.3. The third-order valence-electron chi connectivity index (χ3n) is 6.33. The number of benzene rings is 2. The summed E-state index contributed by atoms with van der Waals surface area (Å²) in [6.07, 6.45) is 4.21. The molecular weight excluding hydrogens is 432 g/mol. The Kier molecular flexibility index (Phi) is 6.04.